The first-order valence-electron chi connectivity index (χ1n) is 10.5. The Hall–Kier alpha value is -1.70. The molecule has 0 amide bonds. The van der Waals surface area contributed by atoms with Gasteiger partial charge in [0.05, 0.1) is 36.9 Å². The zero-order valence-electron chi connectivity index (χ0n) is 18.8. The monoisotopic (exact) mass is 576 g/mol. The average molecular weight is 577 g/mol. The number of ether oxygens (including phenoxy) is 1. The Morgan fingerprint density at radius 2 is 1.91 bits per heavy atom. The van der Waals surface area contributed by atoms with E-state index in [4.69, 9.17) is 4.74 Å². The highest BCUT2D eigenvalue weighted by molar-refractivity contribution is 14.0. The molecule has 0 atom stereocenters. The van der Waals surface area contributed by atoms with Crippen LogP contribution >= 0.6 is 24.0 Å². The predicted molar refractivity (Wildman–Crippen MR) is 138 cm³/mol. The van der Waals surface area contributed by atoms with Crippen molar-refractivity contribution < 1.29 is 13.2 Å². The van der Waals surface area contributed by atoms with Gasteiger partial charge < -0.3 is 19.9 Å². The van der Waals surface area contributed by atoms with Crippen LogP contribution in [-0.2, 0) is 21.3 Å². The van der Waals surface area contributed by atoms with Crippen LogP contribution in [-0.4, -0.2) is 85.2 Å². The van der Waals surface area contributed by atoms with E-state index in [1.165, 1.54) is 0 Å². The number of hydrogen-bond acceptors (Lipinski definition) is 5. The lowest BCUT2D eigenvalue weighted by Crippen LogP contribution is -2.54. The maximum atomic E-state index is 12.5. The Morgan fingerprint density at radius 1 is 1.22 bits per heavy atom. The summed E-state index contributed by atoms with van der Waals surface area (Å²) in [5, 5.41) is 3.31. The molecule has 1 aromatic heterocycles. The number of sulfonamides is 1. The molecule has 0 spiro atoms. The number of halogens is 1. The molecule has 0 saturated carbocycles. The number of nitrogens with one attached hydrogen (secondary N) is 2. The number of H-pyrrole nitrogens is 1. The van der Waals surface area contributed by atoms with Crippen molar-refractivity contribution in [2.45, 2.75) is 26.5 Å². The number of nitrogens with zero attached hydrogens (tertiary/aromatic N) is 4. The van der Waals surface area contributed by atoms with E-state index in [2.05, 4.69) is 25.2 Å². The van der Waals surface area contributed by atoms with Crippen molar-refractivity contribution in [2.75, 3.05) is 45.6 Å². The number of hydrogen-bond donors (Lipinski definition) is 2. The van der Waals surface area contributed by atoms with Gasteiger partial charge >= 0.3 is 0 Å². The number of rotatable bonds is 8. The minimum atomic E-state index is -3.31. The third kappa shape index (κ3) is 7.42. The zero-order chi connectivity index (χ0) is 22.3. The molecule has 1 fully saturated rings. The molecule has 9 nitrogen and oxygen atoms in total. The molecule has 0 aliphatic carbocycles. The van der Waals surface area contributed by atoms with E-state index in [-0.39, 0.29) is 42.4 Å². The number of guanidine groups is 1. The van der Waals surface area contributed by atoms with Crippen molar-refractivity contribution in [3.05, 3.63) is 42.4 Å². The summed E-state index contributed by atoms with van der Waals surface area (Å²) in [4.78, 5) is 14.2. The molecule has 2 heterocycles. The van der Waals surface area contributed by atoms with Crippen LogP contribution in [0.1, 0.15) is 19.7 Å². The Bertz CT molecular complexity index is 957. The summed E-state index contributed by atoms with van der Waals surface area (Å²) in [5.74, 6) is 1.56. The summed E-state index contributed by atoms with van der Waals surface area (Å²) in [6.45, 7) is 6.55. The first-order valence-corrected chi connectivity index (χ1v) is 12.1. The summed E-state index contributed by atoms with van der Waals surface area (Å²) in [7, 11) is -1.58. The number of aromatic amines is 1. The Balaban J connectivity index is 0.00000363. The first kappa shape index (κ1) is 26.6. The van der Waals surface area contributed by atoms with Gasteiger partial charge in [-0.1, -0.05) is 30.3 Å². The molecule has 0 unspecified atom stereocenters. The van der Waals surface area contributed by atoms with E-state index in [9.17, 15) is 8.42 Å². The first-order chi connectivity index (χ1) is 14.9. The lowest BCUT2D eigenvalue weighted by Gasteiger charge is -2.35. The Kier molecular flexibility index (Phi) is 10.4. The van der Waals surface area contributed by atoms with Gasteiger partial charge in [-0.2, -0.15) is 4.31 Å². The van der Waals surface area contributed by atoms with Gasteiger partial charge in [0.1, 0.15) is 5.82 Å². The van der Waals surface area contributed by atoms with Crippen LogP contribution < -0.4 is 5.32 Å². The molecule has 2 aromatic rings. The molecule has 32 heavy (non-hydrogen) atoms. The maximum absolute atomic E-state index is 12.5. The molecular formula is C21H33IN6O3S. The molecule has 11 heteroatoms. The molecule has 1 aliphatic heterocycles. The highest BCUT2D eigenvalue weighted by Gasteiger charge is 2.28. The van der Waals surface area contributed by atoms with Crippen LogP contribution in [0.3, 0.4) is 0 Å². The van der Waals surface area contributed by atoms with Gasteiger partial charge in [0.25, 0.3) is 0 Å². The molecule has 0 radical (unpaired) electrons. The van der Waals surface area contributed by atoms with Crippen molar-refractivity contribution in [3.8, 4) is 11.3 Å². The van der Waals surface area contributed by atoms with Gasteiger partial charge in [0.2, 0.25) is 10.0 Å². The minimum absolute atomic E-state index is 0. The van der Waals surface area contributed by atoms with Crippen molar-refractivity contribution in [1.29, 1.82) is 0 Å². The summed E-state index contributed by atoms with van der Waals surface area (Å²) in [6.07, 6.45) is 1.85. The fourth-order valence-corrected chi connectivity index (χ4v) is 4.69. The van der Waals surface area contributed by atoms with Crippen LogP contribution in [0.5, 0.6) is 0 Å². The predicted octanol–water partition coefficient (Wildman–Crippen LogP) is 2.14. The summed E-state index contributed by atoms with van der Waals surface area (Å²) in [6, 6.07) is 10.0. The van der Waals surface area contributed by atoms with E-state index in [1.807, 2.05) is 50.4 Å². The smallest absolute Gasteiger partial charge is 0.216 e. The van der Waals surface area contributed by atoms with Crippen molar-refractivity contribution >= 4 is 40.0 Å². The van der Waals surface area contributed by atoms with E-state index >= 15 is 0 Å². The number of piperazine rings is 1. The van der Waals surface area contributed by atoms with Crippen molar-refractivity contribution in [1.82, 2.24) is 24.5 Å². The topological polar surface area (TPSA) is 103 Å². The number of benzene rings is 1. The number of aliphatic imine (C=N–C) groups is 1. The van der Waals surface area contributed by atoms with Crippen LogP contribution in [0.15, 0.2) is 41.5 Å². The molecule has 2 N–H and O–H groups in total. The van der Waals surface area contributed by atoms with Crippen LogP contribution in [0.2, 0.25) is 0 Å². The third-order valence-corrected chi connectivity index (χ3v) is 6.90. The molecule has 1 aromatic carbocycles. The zero-order valence-corrected chi connectivity index (χ0v) is 22.0. The van der Waals surface area contributed by atoms with E-state index < -0.39 is 10.0 Å². The van der Waals surface area contributed by atoms with Gasteiger partial charge in [0.15, 0.2) is 5.96 Å². The molecule has 1 aliphatic rings. The molecular weight excluding hydrogens is 543 g/mol. The molecule has 0 bridgehead atoms. The number of aromatic nitrogens is 2. The maximum Gasteiger partial charge on any atom is 0.216 e. The Morgan fingerprint density at radius 3 is 2.53 bits per heavy atom. The van der Waals surface area contributed by atoms with Gasteiger partial charge in [-0.05, 0) is 19.4 Å². The Labute approximate surface area is 207 Å². The standard InChI is InChI=1S/C21H32N6O3S.HI/c1-17(2)30-13-14-31(28,29)27-11-9-26(10-12-27)21(22-3)24-16-20-23-15-19(25-20)18-7-5-4-6-8-18;/h4-8,15,17H,9-14,16H2,1-3H3,(H,22,24)(H,23,25);1H. The minimum Gasteiger partial charge on any atom is -0.378 e. The second-order valence-corrected chi connectivity index (χ2v) is 9.72. The summed E-state index contributed by atoms with van der Waals surface area (Å²) < 4.78 is 32.0. The van der Waals surface area contributed by atoms with Crippen LogP contribution in [0.4, 0.5) is 0 Å². The molecule has 3 rings (SSSR count). The summed E-state index contributed by atoms with van der Waals surface area (Å²) >= 11 is 0. The van der Waals surface area contributed by atoms with Gasteiger partial charge in [-0.3, -0.25) is 4.99 Å². The molecule has 1 saturated heterocycles. The van der Waals surface area contributed by atoms with Gasteiger partial charge in [-0.25, -0.2) is 13.4 Å². The highest BCUT2D eigenvalue weighted by atomic mass is 127. The fraction of sp³-hybridized carbons (Fsp3) is 0.524. The molecule has 178 valence electrons. The van der Waals surface area contributed by atoms with E-state index in [0.29, 0.717) is 32.7 Å². The van der Waals surface area contributed by atoms with Gasteiger partial charge in [0, 0.05) is 33.2 Å². The normalized spacial score (nSPS) is 15.6. The lowest BCUT2D eigenvalue weighted by molar-refractivity contribution is 0.0904. The van der Waals surface area contributed by atoms with Crippen molar-refractivity contribution in [3.63, 3.8) is 0 Å². The van der Waals surface area contributed by atoms with Gasteiger partial charge in [-0.15, -0.1) is 24.0 Å². The average Bonchev–Trinajstić information content (AvgIpc) is 3.24. The number of imidazole rings is 1. The second kappa shape index (κ2) is 12.5. The third-order valence-electron chi connectivity index (χ3n) is 5.06. The van der Waals surface area contributed by atoms with Crippen LogP contribution in [0.25, 0.3) is 11.3 Å². The quantitative estimate of drug-likeness (QED) is 0.284. The fourth-order valence-electron chi connectivity index (χ4n) is 3.41. The lowest BCUT2D eigenvalue weighted by atomic mass is 10.2. The highest BCUT2D eigenvalue weighted by Crippen LogP contribution is 2.16. The van der Waals surface area contributed by atoms with Crippen LogP contribution in [0, 0.1) is 0 Å². The SMILES string of the molecule is CN=C(NCc1ncc(-c2ccccc2)[nH]1)N1CCN(S(=O)(=O)CCOC(C)C)CC1.I. The van der Waals surface area contributed by atoms with E-state index in [0.717, 1.165) is 23.0 Å². The largest absolute Gasteiger partial charge is 0.378 e. The summed E-state index contributed by atoms with van der Waals surface area (Å²) in [5.41, 5.74) is 2.05. The van der Waals surface area contributed by atoms with E-state index in [1.54, 1.807) is 11.4 Å². The second-order valence-electron chi connectivity index (χ2n) is 7.63. The van der Waals surface area contributed by atoms with Crippen molar-refractivity contribution in [2.24, 2.45) is 4.99 Å².